The summed E-state index contributed by atoms with van der Waals surface area (Å²) in [6.45, 7) is 0. The number of nitriles is 1. The third-order valence-electron chi connectivity index (χ3n) is 2.05. The van der Waals surface area contributed by atoms with E-state index in [2.05, 4.69) is 38.8 Å². The van der Waals surface area contributed by atoms with Gasteiger partial charge in [0.15, 0.2) is 0 Å². The highest BCUT2D eigenvalue weighted by molar-refractivity contribution is 9.10. The molecule has 1 aromatic carbocycles. The Morgan fingerprint density at radius 2 is 1.76 bits per heavy atom. The average Bonchev–Trinajstić information content (AvgIpc) is 2.37. The number of pyridine rings is 1. The van der Waals surface area contributed by atoms with Gasteiger partial charge in [0, 0.05) is 28.0 Å². The Labute approximate surface area is 108 Å². The molecule has 1 heterocycles. The van der Waals surface area contributed by atoms with Crippen LogP contribution in [-0.4, -0.2) is 4.98 Å². The molecule has 0 saturated carbocycles. The van der Waals surface area contributed by atoms with Crippen molar-refractivity contribution in [2.75, 3.05) is 0 Å². The van der Waals surface area contributed by atoms with Crippen LogP contribution in [0.1, 0.15) is 16.7 Å². The summed E-state index contributed by atoms with van der Waals surface area (Å²) in [4.78, 5) is 4.03. The van der Waals surface area contributed by atoms with Gasteiger partial charge in [0.05, 0.1) is 11.6 Å². The topological polar surface area (TPSA) is 36.7 Å². The molecule has 3 heteroatoms. The molecule has 0 amide bonds. The van der Waals surface area contributed by atoms with Gasteiger partial charge in [0.25, 0.3) is 0 Å². The van der Waals surface area contributed by atoms with Crippen LogP contribution in [0.25, 0.3) is 0 Å². The first-order chi connectivity index (χ1) is 8.28. The van der Waals surface area contributed by atoms with Crippen LogP contribution in [0.5, 0.6) is 0 Å². The van der Waals surface area contributed by atoms with Crippen molar-refractivity contribution in [3.8, 4) is 17.9 Å². The van der Waals surface area contributed by atoms with Crippen molar-refractivity contribution in [3.63, 3.8) is 0 Å². The SMILES string of the molecule is N#Cc1cccc(C#Cc2cncc(Br)c2)c1. The highest BCUT2D eigenvalue weighted by atomic mass is 79.9. The largest absolute Gasteiger partial charge is 0.262 e. The average molecular weight is 283 g/mol. The van der Waals surface area contributed by atoms with Crippen molar-refractivity contribution in [1.29, 1.82) is 5.26 Å². The van der Waals surface area contributed by atoms with Crippen LogP contribution in [-0.2, 0) is 0 Å². The minimum absolute atomic E-state index is 0.615. The van der Waals surface area contributed by atoms with E-state index in [-0.39, 0.29) is 0 Å². The van der Waals surface area contributed by atoms with Gasteiger partial charge < -0.3 is 0 Å². The van der Waals surface area contributed by atoms with Crippen LogP contribution in [0.2, 0.25) is 0 Å². The second kappa shape index (κ2) is 5.30. The van der Waals surface area contributed by atoms with E-state index in [1.807, 2.05) is 18.2 Å². The fourth-order valence-corrected chi connectivity index (χ4v) is 1.66. The maximum atomic E-state index is 8.77. The zero-order valence-electron chi connectivity index (χ0n) is 8.81. The zero-order valence-corrected chi connectivity index (χ0v) is 10.4. The molecular formula is C14H7BrN2. The van der Waals surface area contributed by atoms with Gasteiger partial charge in [-0.3, -0.25) is 4.98 Å². The third-order valence-corrected chi connectivity index (χ3v) is 2.48. The van der Waals surface area contributed by atoms with E-state index in [0.29, 0.717) is 5.56 Å². The van der Waals surface area contributed by atoms with E-state index in [1.165, 1.54) is 0 Å². The molecule has 1 aromatic heterocycles. The van der Waals surface area contributed by atoms with Crippen molar-refractivity contribution in [2.45, 2.75) is 0 Å². The highest BCUT2D eigenvalue weighted by Gasteiger charge is 1.92. The molecule has 0 bridgehead atoms. The summed E-state index contributed by atoms with van der Waals surface area (Å²) in [5, 5.41) is 8.77. The number of benzene rings is 1. The Balaban J connectivity index is 2.30. The lowest BCUT2D eigenvalue weighted by molar-refractivity contribution is 1.29. The van der Waals surface area contributed by atoms with Crippen LogP contribution in [0.15, 0.2) is 47.2 Å². The molecule has 0 aliphatic carbocycles. The molecule has 0 atom stereocenters. The van der Waals surface area contributed by atoms with E-state index < -0.39 is 0 Å². The maximum absolute atomic E-state index is 8.77. The molecule has 80 valence electrons. The lowest BCUT2D eigenvalue weighted by atomic mass is 10.1. The first-order valence-electron chi connectivity index (χ1n) is 4.91. The van der Waals surface area contributed by atoms with E-state index in [1.54, 1.807) is 24.5 Å². The lowest BCUT2D eigenvalue weighted by Gasteiger charge is -1.92. The van der Waals surface area contributed by atoms with Crippen LogP contribution in [0.4, 0.5) is 0 Å². The standard InChI is InChI=1S/C14H7BrN2/c15-14-7-13(9-17-10-14)5-4-11-2-1-3-12(6-11)8-16/h1-3,6-7,9-10H. The van der Waals surface area contributed by atoms with Crippen molar-refractivity contribution in [1.82, 2.24) is 4.98 Å². The molecule has 0 aliphatic rings. The van der Waals surface area contributed by atoms with Gasteiger partial charge in [-0.2, -0.15) is 5.26 Å². The number of aromatic nitrogens is 1. The fraction of sp³-hybridized carbons (Fsp3) is 0. The van der Waals surface area contributed by atoms with Gasteiger partial charge in [0.1, 0.15) is 0 Å². The molecule has 2 rings (SSSR count). The molecule has 17 heavy (non-hydrogen) atoms. The first kappa shape index (κ1) is 11.4. The zero-order chi connectivity index (χ0) is 12.1. The second-order valence-electron chi connectivity index (χ2n) is 3.33. The summed E-state index contributed by atoms with van der Waals surface area (Å²) >= 11 is 3.34. The predicted molar refractivity (Wildman–Crippen MR) is 69.1 cm³/mol. The van der Waals surface area contributed by atoms with Gasteiger partial charge in [0.2, 0.25) is 0 Å². The monoisotopic (exact) mass is 282 g/mol. The summed E-state index contributed by atoms with van der Waals surface area (Å²) in [6, 6.07) is 11.2. The normalized spacial score (nSPS) is 8.94. The number of halogens is 1. The number of hydrogen-bond acceptors (Lipinski definition) is 2. The molecule has 0 radical (unpaired) electrons. The second-order valence-corrected chi connectivity index (χ2v) is 4.25. The molecule has 0 N–H and O–H groups in total. The Bertz CT molecular complexity index is 645. The maximum Gasteiger partial charge on any atom is 0.0992 e. The van der Waals surface area contributed by atoms with Gasteiger partial charge in [-0.15, -0.1) is 0 Å². The summed E-state index contributed by atoms with van der Waals surface area (Å²) < 4.78 is 0.898. The molecule has 2 nitrogen and oxygen atoms in total. The third kappa shape index (κ3) is 3.17. The fourth-order valence-electron chi connectivity index (χ4n) is 1.29. The Hall–Kier alpha value is -2.10. The van der Waals surface area contributed by atoms with Gasteiger partial charge in [-0.1, -0.05) is 17.9 Å². The van der Waals surface area contributed by atoms with Crippen molar-refractivity contribution in [2.24, 2.45) is 0 Å². The molecule has 0 unspecified atom stereocenters. The Kier molecular flexibility index (Phi) is 3.55. The molecule has 2 aromatic rings. The number of hydrogen-bond donors (Lipinski definition) is 0. The number of rotatable bonds is 0. The van der Waals surface area contributed by atoms with Crippen molar-refractivity contribution >= 4 is 15.9 Å². The van der Waals surface area contributed by atoms with Gasteiger partial charge >= 0.3 is 0 Å². The van der Waals surface area contributed by atoms with E-state index in [0.717, 1.165) is 15.6 Å². The van der Waals surface area contributed by atoms with Crippen LogP contribution < -0.4 is 0 Å². The Morgan fingerprint density at radius 3 is 2.53 bits per heavy atom. The van der Waals surface area contributed by atoms with E-state index in [9.17, 15) is 0 Å². The Morgan fingerprint density at radius 1 is 1.00 bits per heavy atom. The summed E-state index contributed by atoms with van der Waals surface area (Å²) in [6.07, 6.45) is 3.41. The van der Waals surface area contributed by atoms with E-state index in [4.69, 9.17) is 5.26 Å². The smallest absolute Gasteiger partial charge is 0.0992 e. The highest BCUT2D eigenvalue weighted by Crippen LogP contribution is 2.09. The molecule has 0 saturated heterocycles. The summed E-state index contributed by atoms with van der Waals surface area (Å²) in [5.74, 6) is 6.00. The minimum atomic E-state index is 0.615. The molecule has 0 spiro atoms. The van der Waals surface area contributed by atoms with E-state index >= 15 is 0 Å². The lowest BCUT2D eigenvalue weighted by Crippen LogP contribution is -1.80. The van der Waals surface area contributed by atoms with Crippen LogP contribution >= 0.6 is 15.9 Å². The quantitative estimate of drug-likeness (QED) is 0.696. The van der Waals surface area contributed by atoms with Gasteiger partial charge in [-0.05, 0) is 40.2 Å². The summed E-state index contributed by atoms with van der Waals surface area (Å²) in [5.41, 5.74) is 2.27. The molecule has 0 aliphatic heterocycles. The summed E-state index contributed by atoms with van der Waals surface area (Å²) in [7, 11) is 0. The van der Waals surface area contributed by atoms with Crippen LogP contribution in [0.3, 0.4) is 0 Å². The molecular weight excluding hydrogens is 276 g/mol. The molecule has 0 fully saturated rings. The van der Waals surface area contributed by atoms with Crippen molar-refractivity contribution < 1.29 is 0 Å². The van der Waals surface area contributed by atoms with Crippen LogP contribution in [0, 0.1) is 23.2 Å². The number of nitrogens with zero attached hydrogens (tertiary/aromatic N) is 2. The first-order valence-corrected chi connectivity index (χ1v) is 5.70. The minimum Gasteiger partial charge on any atom is -0.262 e. The predicted octanol–water partition coefficient (Wildman–Crippen LogP) is 3.12. The van der Waals surface area contributed by atoms with Gasteiger partial charge in [-0.25, -0.2) is 0 Å². The van der Waals surface area contributed by atoms with Crippen molar-refractivity contribution in [3.05, 3.63) is 63.9 Å².